The van der Waals surface area contributed by atoms with Crippen LogP contribution in [0.4, 0.5) is 16.3 Å². The number of amides is 1. The summed E-state index contributed by atoms with van der Waals surface area (Å²) >= 11 is 0. The Morgan fingerprint density at radius 2 is 1.91 bits per heavy atom. The van der Waals surface area contributed by atoms with Crippen molar-refractivity contribution in [3.05, 3.63) is 60.3 Å². The minimum absolute atomic E-state index is 0.162. The zero-order valence-electron chi connectivity index (χ0n) is 18.8. The predicted octanol–water partition coefficient (Wildman–Crippen LogP) is 5.35. The molecule has 0 saturated carbocycles. The van der Waals surface area contributed by atoms with Gasteiger partial charge < -0.3 is 20.2 Å². The molecule has 0 bridgehead atoms. The number of carbonyl (C=O) groups is 1. The molecule has 0 aliphatic rings. The lowest BCUT2D eigenvalue weighted by Gasteiger charge is -2.25. The molecular weight excluding hydrogens is 406 g/mol. The molecule has 8 heteroatoms. The van der Waals surface area contributed by atoms with Gasteiger partial charge in [0.2, 0.25) is 0 Å². The van der Waals surface area contributed by atoms with Crippen LogP contribution in [-0.4, -0.2) is 42.0 Å². The van der Waals surface area contributed by atoms with Crippen LogP contribution in [0.3, 0.4) is 0 Å². The van der Waals surface area contributed by atoms with E-state index in [1.165, 1.54) is 17.3 Å². The summed E-state index contributed by atoms with van der Waals surface area (Å²) in [6.07, 6.45) is 2.27. The molecular formula is C24H27N5O3. The second-order valence-corrected chi connectivity index (χ2v) is 8.04. The van der Waals surface area contributed by atoms with Gasteiger partial charge in [0, 0.05) is 37.8 Å². The van der Waals surface area contributed by atoms with E-state index in [0.717, 1.165) is 11.1 Å². The van der Waals surface area contributed by atoms with Crippen LogP contribution in [-0.2, 0) is 4.74 Å². The molecule has 166 valence electrons. The van der Waals surface area contributed by atoms with E-state index in [4.69, 9.17) is 14.9 Å². The van der Waals surface area contributed by atoms with Gasteiger partial charge in [-0.25, -0.2) is 9.78 Å². The summed E-state index contributed by atoms with van der Waals surface area (Å²) in [6, 6.07) is 15.2. The molecule has 0 radical (unpaired) electrons. The number of benzene rings is 2. The number of hydrogen-bond acceptors (Lipinski definition) is 7. The Bertz CT molecular complexity index is 1120. The number of nitrogens with one attached hydrogen (secondary N) is 2. The summed E-state index contributed by atoms with van der Waals surface area (Å²) in [6.45, 7) is 5.50. The van der Waals surface area contributed by atoms with Crippen LogP contribution in [0, 0.1) is 5.41 Å². The minimum atomic E-state index is -0.580. The van der Waals surface area contributed by atoms with Gasteiger partial charge in [-0.15, -0.1) is 0 Å². The van der Waals surface area contributed by atoms with Crippen molar-refractivity contribution >= 4 is 23.8 Å². The molecule has 3 aromatic rings. The van der Waals surface area contributed by atoms with Crippen molar-refractivity contribution in [2.24, 2.45) is 0 Å². The number of anilines is 2. The Labute approximate surface area is 187 Å². The molecule has 32 heavy (non-hydrogen) atoms. The van der Waals surface area contributed by atoms with Crippen molar-refractivity contribution in [3.63, 3.8) is 0 Å². The van der Waals surface area contributed by atoms with E-state index in [1.807, 2.05) is 69.3 Å². The van der Waals surface area contributed by atoms with Crippen LogP contribution in [0.5, 0.6) is 11.8 Å². The summed E-state index contributed by atoms with van der Waals surface area (Å²) in [5, 5.41) is 10.4. The van der Waals surface area contributed by atoms with E-state index < -0.39 is 11.7 Å². The summed E-state index contributed by atoms with van der Waals surface area (Å²) in [5.41, 5.74) is 2.35. The standard InChI is InChI=1S/C24H27N5O3/c1-24(2,3)32-23(30)29(5)18-10-8-9-16(13-18)19-11-6-7-12-20(19)31-22-27-15-17(14-25)21(26-4)28-22/h6-15,25H,1-5H3,(H,26,27,28). The lowest BCUT2D eigenvalue weighted by Crippen LogP contribution is -2.34. The minimum Gasteiger partial charge on any atom is -0.443 e. The first-order valence-electron chi connectivity index (χ1n) is 10.1. The molecule has 1 amide bonds. The summed E-state index contributed by atoms with van der Waals surface area (Å²) in [7, 11) is 3.40. The lowest BCUT2D eigenvalue weighted by atomic mass is 10.0. The highest BCUT2D eigenvalue weighted by Gasteiger charge is 2.21. The van der Waals surface area contributed by atoms with Crippen LogP contribution >= 0.6 is 0 Å². The van der Waals surface area contributed by atoms with Crippen molar-refractivity contribution in [2.75, 3.05) is 24.3 Å². The van der Waals surface area contributed by atoms with Gasteiger partial charge in [-0.05, 0) is 44.5 Å². The second kappa shape index (κ2) is 9.47. The molecule has 0 spiro atoms. The Hall–Kier alpha value is -3.94. The highest BCUT2D eigenvalue weighted by atomic mass is 16.6. The molecule has 1 aromatic heterocycles. The van der Waals surface area contributed by atoms with E-state index >= 15 is 0 Å². The zero-order valence-corrected chi connectivity index (χ0v) is 18.8. The van der Waals surface area contributed by atoms with Crippen LogP contribution in [0.2, 0.25) is 0 Å². The van der Waals surface area contributed by atoms with Gasteiger partial charge in [0.1, 0.15) is 17.2 Å². The monoisotopic (exact) mass is 433 g/mol. The molecule has 0 aliphatic carbocycles. The zero-order chi connectivity index (χ0) is 23.3. The van der Waals surface area contributed by atoms with Gasteiger partial charge in [-0.3, -0.25) is 4.90 Å². The van der Waals surface area contributed by atoms with Gasteiger partial charge in [-0.2, -0.15) is 4.98 Å². The first-order valence-corrected chi connectivity index (χ1v) is 10.1. The number of para-hydroxylation sites is 1. The van der Waals surface area contributed by atoms with Crippen molar-refractivity contribution in [1.82, 2.24) is 9.97 Å². The smallest absolute Gasteiger partial charge is 0.414 e. The molecule has 0 atom stereocenters. The van der Waals surface area contributed by atoms with E-state index in [0.29, 0.717) is 22.8 Å². The van der Waals surface area contributed by atoms with Crippen molar-refractivity contribution in [1.29, 1.82) is 5.41 Å². The third-order valence-electron chi connectivity index (χ3n) is 4.49. The number of carbonyl (C=O) groups excluding carboxylic acids is 1. The molecule has 0 saturated heterocycles. The number of nitrogens with zero attached hydrogens (tertiary/aromatic N) is 3. The third kappa shape index (κ3) is 5.40. The first-order chi connectivity index (χ1) is 15.2. The molecule has 0 fully saturated rings. The summed E-state index contributed by atoms with van der Waals surface area (Å²) in [4.78, 5) is 22.5. The average Bonchev–Trinajstić information content (AvgIpc) is 2.77. The van der Waals surface area contributed by atoms with Gasteiger partial charge in [0.25, 0.3) is 0 Å². The van der Waals surface area contributed by atoms with Crippen LogP contribution < -0.4 is 15.0 Å². The molecule has 0 aliphatic heterocycles. The predicted molar refractivity (Wildman–Crippen MR) is 126 cm³/mol. The van der Waals surface area contributed by atoms with Crippen molar-refractivity contribution in [2.45, 2.75) is 26.4 Å². The van der Waals surface area contributed by atoms with E-state index in [-0.39, 0.29) is 6.01 Å². The fourth-order valence-electron chi connectivity index (χ4n) is 2.94. The maximum Gasteiger partial charge on any atom is 0.414 e. The number of ether oxygens (including phenoxy) is 2. The summed E-state index contributed by atoms with van der Waals surface area (Å²) in [5.74, 6) is 1.07. The molecule has 2 N–H and O–H groups in total. The topological polar surface area (TPSA) is 100 Å². The molecule has 1 heterocycles. The molecule has 8 nitrogen and oxygen atoms in total. The van der Waals surface area contributed by atoms with Crippen molar-refractivity contribution in [3.8, 4) is 22.9 Å². The molecule has 0 unspecified atom stereocenters. The third-order valence-corrected chi connectivity index (χ3v) is 4.49. The number of aromatic nitrogens is 2. The van der Waals surface area contributed by atoms with Gasteiger partial charge in [-0.1, -0.05) is 30.3 Å². The van der Waals surface area contributed by atoms with E-state index in [1.54, 1.807) is 14.1 Å². The normalized spacial score (nSPS) is 10.9. The fraction of sp³-hybridized carbons (Fsp3) is 0.250. The number of hydrogen-bond donors (Lipinski definition) is 2. The van der Waals surface area contributed by atoms with Gasteiger partial charge >= 0.3 is 12.1 Å². The van der Waals surface area contributed by atoms with Gasteiger partial charge in [0.15, 0.2) is 0 Å². The van der Waals surface area contributed by atoms with Crippen LogP contribution in [0.15, 0.2) is 54.7 Å². The van der Waals surface area contributed by atoms with Gasteiger partial charge in [0.05, 0.1) is 5.56 Å². The lowest BCUT2D eigenvalue weighted by molar-refractivity contribution is 0.0589. The maximum absolute atomic E-state index is 12.5. The Morgan fingerprint density at radius 3 is 2.59 bits per heavy atom. The maximum atomic E-state index is 12.5. The molecule has 2 aromatic carbocycles. The van der Waals surface area contributed by atoms with E-state index in [2.05, 4.69) is 15.3 Å². The second-order valence-electron chi connectivity index (χ2n) is 8.04. The fourth-order valence-corrected chi connectivity index (χ4v) is 2.94. The molecule has 3 rings (SSSR count). The largest absolute Gasteiger partial charge is 0.443 e. The Kier molecular flexibility index (Phi) is 6.73. The SMILES string of the molecule is CNc1nc(Oc2ccccc2-c2cccc(N(C)C(=O)OC(C)(C)C)c2)ncc1C=N. The van der Waals surface area contributed by atoms with E-state index in [9.17, 15) is 4.79 Å². The summed E-state index contributed by atoms with van der Waals surface area (Å²) < 4.78 is 11.4. The van der Waals surface area contributed by atoms with Crippen LogP contribution in [0.1, 0.15) is 26.3 Å². The van der Waals surface area contributed by atoms with Crippen LogP contribution in [0.25, 0.3) is 11.1 Å². The Balaban J connectivity index is 1.91. The highest BCUT2D eigenvalue weighted by Crippen LogP contribution is 2.34. The highest BCUT2D eigenvalue weighted by molar-refractivity contribution is 5.88. The average molecular weight is 434 g/mol. The first kappa shape index (κ1) is 22.7. The Morgan fingerprint density at radius 1 is 1.16 bits per heavy atom. The quantitative estimate of drug-likeness (QED) is 0.509. The van der Waals surface area contributed by atoms with Crippen molar-refractivity contribution < 1.29 is 14.3 Å². The number of rotatable bonds is 6.